The van der Waals surface area contributed by atoms with E-state index in [1.54, 1.807) is 12.1 Å². The summed E-state index contributed by atoms with van der Waals surface area (Å²) in [6.07, 6.45) is 1.59. The largest absolute Gasteiger partial charge is 0.371 e. The quantitative estimate of drug-likeness (QED) is 0.834. The van der Waals surface area contributed by atoms with Gasteiger partial charge in [0.25, 0.3) is 0 Å². The van der Waals surface area contributed by atoms with Crippen molar-refractivity contribution in [2.75, 3.05) is 18.0 Å². The molecule has 1 fully saturated rings. The van der Waals surface area contributed by atoms with E-state index in [1.807, 2.05) is 30.3 Å². The number of anilines is 1. The topological polar surface area (TPSA) is 27.0 Å². The van der Waals surface area contributed by atoms with Gasteiger partial charge in [-0.1, -0.05) is 30.3 Å². The molecule has 0 aliphatic carbocycles. The summed E-state index contributed by atoms with van der Waals surface area (Å²) in [6.45, 7) is 1.63. The van der Waals surface area contributed by atoms with E-state index >= 15 is 0 Å². The van der Waals surface area contributed by atoms with Gasteiger partial charge >= 0.3 is 0 Å². The summed E-state index contributed by atoms with van der Waals surface area (Å²) < 4.78 is 13.0. The lowest BCUT2D eigenvalue weighted by atomic mass is 9.74. The molecule has 0 aromatic heterocycles. The van der Waals surface area contributed by atoms with Gasteiger partial charge in [0, 0.05) is 18.8 Å². The second-order valence-corrected chi connectivity index (χ2v) is 5.52. The van der Waals surface area contributed by atoms with Crippen LogP contribution in [0.2, 0.25) is 0 Å². The molecule has 2 nitrogen and oxygen atoms in total. The normalized spacial score (nSPS) is 17.2. The second-order valence-electron chi connectivity index (χ2n) is 5.52. The SMILES string of the molecule is N#CC1(c2ccccc2)CCN(c2ccc(F)cc2)CC1. The molecule has 3 rings (SSSR count). The number of piperidine rings is 1. The fourth-order valence-electron chi connectivity index (χ4n) is 3.02. The highest BCUT2D eigenvalue weighted by Gasteiger charge is 2.36. The Morgan fingerprint density at radius 1 is 0.952 bits per heavy atom. The lowest BCUT2D eigenvalue weighted by Gasteiger charge is -2.38. The van der Waals surface area contributed by atoms with Gasteiger partial charge in [0.05, 0.1) is 11.5 Å². The zero-order chi connectivity index (χ0) is 14.7. The predicted molar refractivity (Wildman–Crippen MR) is 81.6 cm³/mol. The van der Waals surface area contributed by atoms with Crippen LogP contribution in [0.25, 0.3) is 0 Å². The Bertz CT molecular complexity index is 635. The molecule has 2 aromatic carbocycles. The van der Waals surface area contributed by atoms with Gasteiger partial charge in [-0.15, -0.1) is 0 Å². The summed E-state index contributed by atoms with van der Waals surface area (Å²) in [5.74, 6) is -0.216. The van der Waals surface area contributed by atoms with E-state index in [4.69, 9.17) is 0 Å². The van der Waals surface area contributed by atoms with Gasteiger partial charge in [0.2, 0.25) is 0 Å². The molecule has 0 atom stereocenters. The summed E-state index contributed by atoms with van der Waals surface area (Å²) >= 11 is 0. The Morgan fingerprint density at radius 3 is 2.14 bits per heavy atom. The molecule has 3 heteroatoms. The summed E-state index contributed by atoms with van der Waals surface area (Å²) in [7, 11) is 0. The molecule has 1 aliphatic heterocycles. The van der Waals surface area contributed by atoms with Crippen molar-refractivity contribution in [2.45, 2.75) is 18.3 Å². The number of rotatable bonds is 2. The Balaban J connectivity index is 1.77. The molecule has 0 saturated carbocycles. The van der Waals surface area contributed by atoms with E-state index < -0.39 is 5.41 Å². The van der Waals surface area contributed by atoms with Gasteiger partial charge < -0.3 is 4.90 Å². The van der Waals surface area contributed by atoms with Gasteiger partial charge in [-0.05, 0) is 42.7 Å². The smallest absolute Gasteiger partial charge is 0.123 e. The Labute approximate surface area is 124 Å². The first-order valence-electron chi connectivity index (χ1n) is 7.21. The summed E-state index contributed by atoms with van der Waals surface area (Å²) in [4.78, 5) is 2.22. The average Bonchev–Trinajstić information content (AvgIpc) is 2.56. The van der Waals surface area contributed by atoms with Crippen molar-refractivity contribution in [3.05, 3.63) is 66.0 Å². The van der Waals surface area contributed by atoms with Gasteiger partial charge in [-0.3, -0.25) is 0 Å². The van der Waals surface area contributed by atoms with E-state index in [9.17, 15) is 9.65 Å². The van der Waals surface area contributed by atoms with E-state index in [2.05, 4.69) is 11.0 Å². The molecule has 21 heavy (non-hydrogen) atoms. The first-order valence-corrected chi connectivity index (χ1v) is 7.21. The van der Waals surface area contributed by atoms with Gasteiger partial charge in [-0.25, -0.2) is 4.39 Å². The van der Waals surface area contributed by atoms with Crippen molar-refractivity contribution >= 4 is 5.69 Å². The van der Waals surface area contributed by atoms with Crippen LogP contribution < -0.4 is 4.90 Å². The monoisotopic (exact) mass is 280 g/mol. The number of nitriles is 1. The molecule has 2 aromatic rings. The first kappa shape index (κ1) is 13.6. The number of hydrogen-bond donors (Lipinski definition) is 0. The maximum Gasteiger partial charge on any atom is 0.123 e. The maximum absolute atomic E-state index is 13.0. The molecule has 0 amide bonds. The third-order valence-corrected chi connectivity index (χ3v) is 4.35. The van der Waals surface area contributed by atoms with Crippen LogP contribution in [0.1, 0.15) is 18.4 Å². The highest BCUT2D eigenvalue weighted by Crippen LogP contribution is 2.36. The molecule has 0 N–H and O–H groups in total. The van der Waals surface area contributed by atoms with Crippen LogP contribution in [0.4, 0.5) is 10.1 Å². The fraction of sp³-hybridized carbons (Fsp3) is 0.278. The molecule has 0 radical (unpaired) electrons. The molecule has 0 unspecified atom stereocenters. The van der Waals surface area contributed by atoms with Crippen molar-refractivity contribution < 1.29 is 4.39 Å². The van der Waals surface area contributed by atoms with Gasteiger partial charge in [0.1, 0.15) is 5.82 Å². The highest BCUT2D eigenvalue weighted by atomic mass is 19.1. The molecular formula is C18H17FN2. The number of halogens is 1. The Morgan fingerprint density at radius 2 is 1.57 bits per heavy atom. The molecule has 106 valence electrons. The van der Waals surface area contributed by atoms with E-state index in [0.29, 0.717) is 0 Å². The first-order chi connectivity index (χ1) is 10.2. The fourth-order valence-corrected chi connectivity index (χ4v) is 3.02. The standard InChI is InChI=1S/C18H17FN2/c19-16-6-8-17(9-7-16)21-12-10-18(14-20,11-13-21)15-4-2-1-3-5-15/h1-9H,10-13H2. The maximum atomic E-state index is 13.0. The van der Waals surface area contributed by atoms with Crippen molar-refractivity contribution in [1.82, 2.24) is 0 Å². The van der Waals surface area contributed by atoms with Crippen LogP contribution in [-0.2, 0) is 5.41 Å². The highest BCUT2D eigenvalue weighted by molar-refractivity contribution is 5.48. The van der Waals surface area contributed by atoms with Crippen molar-refractivity contribution in [3.8, 4) is 6.07 Å². The zero-order valence-corrected chi connectivity index (χ0v) is 11.8. The molecule has 1 heterocycles. The molecule has 1 saturated heterocycles. The van der Waals surface area contributed by atoms with Gasteiger partial charge in [-0.2, -0.15) is 5.26 Å². The summed E-state index contributed by atoms with van der Waals surface area (Å²) in [6, 6.07) is 19.1. The summed E-state index contributed by atoms with van der Waals surface area (Å²) in [5.41, 5.74) is 1.74. The number of nitrogens with zero attached hydrogens (tertiary/aromatic N) is 2. The third-order valence-electron chi connectivity index (χ3n) is 4.35. The van der Waals surface area contributed by atoms with Crippen molar-refractivity contribution in [3.63, 3.8) is 0 Å². The van der Waals surface area contributed by atoms with E-state index in [1.165, 1.54) is 12.1 Å². The van der Waals surface area contributed by atoms with Crippen molar-refractivity contribution in [1.29, 1.82) is 5.26 Å². The summed E-state index contributed by atoms with van der Waals surface area (Å²) in [5, 5.41) is 9.67. The van der Waals surface area contributed by atoms with Gasteiger partial charge in [0.15, 0.2) is 0 Å². The minimum atomic E-state index is -0.391. The van der Waals surface area contributed by atoms with Crippen LogP contribution >= 0.6 is 0 Å². The Kier molecular flexibility index (Phi) is 3.62. The zero-order valence-electron chi connectivity index (χ0n) is 11.8. The van der Waals surface area contributed by atoms with Crippen LogP contribution in [0.3, 0.4) is 0 Å². The van der Waals surface area contributed by atoms with E-state index in [0.717, 1.165) is 37.2 Å². The molecule has 0 bridgehead atoms. The van der Waals surface area contributed by atoms with Crippen LogP contribution in [0.15, 0.2) is 54.6 Å². The Hall–Kier alpha value is -2.34. The second kappa shape index (κ2) is 5.57. The minimum Gasteiger partial charge on any atom is -0.371 e. The predicted octanol–water partition coefficient (Wildman–Crippen LogP) is 3.89. The lowest BCUT2D eigenvalue weighted by molar-refractivity contribution is 0.415. The number of hydrogen-bond acceptors (Lipinski definition) is 2. The van der Waals surface area contributed by atoms with Crippen LogP contribution in [0, 0.1) is 17.1 Å². The molecule has 1 aliphatic rings. The average molecular weight is 280 g/mol. The molecule has 0 spiro atoms. The molecular weight excluding hydrogens is 263 g/mol. The minimum absolute atomic E-state index is 0.216. The lowest BCUT2D eigenvalue weighted by Crippen LogP contribution is -2.42. The van der Waals surface area contributed by atoms with Crippen molar-refractivity contribution in [2.24, 2.45) is 0 Å². The van der Waals surface area contributed by atoms with Crippen LogP contribution in [0.5, 0.6) is 0 Å². The number of benzene rings is 2. The van der Waals surface area contributed by atoms with E-state index in [-0.39, 0.29) is 5.82 Å². The van der Waals surface area contributed by atoms with Crippen LogP contribution in [-0.4, -0.2) is 13.1 Å². The third kappa shape index (κ3) is 2.62.